The molecule has 8 heteroatoms. The Morgan fingerprint density at radius 3 is 2.55 bits per heavy atom. The summed E-state index contributed by atoms with van der Waals surface area (Å²) >= 11 is 0. The van der Waals surface area contributed by atoms with Crippen LogP contribution >= 0.6 is 0 Å². The van der Waals surface area contributed by atoms with Crippen LogP contribution in [-0.4, -0.2) is 48.0 Å². The Morgan fingerprint density at radius 1 is 1.15 bits per heavy atom. The Labute approximate surface area is 197 Å². The average molecular weight is 457 g/mol. The van der Waals surface area contributed by atoms with Crippen LogP contribution in [-0.2, 0) is 17.9 Å². The number of piperidine rings is 1. The van der Waals surface area contributed by atoms with Crippen LogP contribution in [0.15, 0.2) is 24.3 Å². The van der Waals surface area contributed by atoms with Crippen LogP contribution in [0.1, 0.15) is 69.9 Å². The Hall–Kier alpha value is -2.61. The highest BCUT2D eigenvalue weighted by Crippen LogP contribution is 2.35. The number of nitrogens with one attached hydrogen (secondary N) is 5. The van der Waals surface area contributed by atoms with Crippen molar-refractivity contribution in [3.05, 3.63) is 35.4 Å². The van der Waals surface area contributed by atoms with E-state index in [4.69, 9.17) is 5.41 Å². The first-order chi connectivity index (χ1) is 16.0. The molecule has 0 saturated carbocycles. The van der Waals surface area contributed by atoms with E-state index >= 15 is 0 Å². The number of urea groups is 1. The third kappa shape index (κ3) is 6.25. The van der Waals surface area contributed by atoms with E-state index in [1.165, 1.54) is 0 Å². The normalized spacial score (nSPS) is 22.8. The summed E-state index contributed by atoms with van der Waals surface area (Å²) < 4.78 is 0. The van der Waals surface area contributed by atoms with Gasteiger partial charge in [0.05, 0.1) is 6.54 Å². The van der Waals surface area contributed by atoms with Crippen molar-refractivity contribution in [1.82, 2.24) is 26.2 Å². The summed E-state index contributed by atoms with van der Waals surface area (Å²) in [6.45, 7) is 7.56. The molecule has 3 amide bonds. The van der Waals surface area contributed by atoms with Crippen LogP contribution in [0.4, 0.5) is 4.79 Å². The molecule has 0 aromatic heterocycles. The maximum atomic E-state index is 13.6. The molecule has 2 aliphatic rings. The number of amides is 3. The molecule has 1 aromatic rings. The Morgan fingerprint density at radius 2 is 1.88 bits per heavy atom. The van der Waals surface area contributed by atoms with Gasteiger partial charge in [0.2, 0.25) is 0 Å². The summed E-state index contributed by atoms with van der Waals surface area (Å²) in [6.07, 6.45) is 6.83. The fraction of sp³-hybridized carbons (Fsp3) is 0.640. The van der Waals surface area contributed by atoms with E-state index in [0.717, 1.165) is 69.2 Å². The van der Waals surface area contributed by atoms with Crippen molar-refractivity contribution in [3.63, 3.8) is 0 Å². The molecule has 2 unspecified atom stereocenters. The second-order valence-electron chi connectivity index (χ2n) is 9.26. The first-order valence-corrected chi connectivity index (χ1v) is 12.5. The predicted molar refractivity (Wildman–Crippen MR) is 131 cm³/mol. The highest BCUT2D eigenvalue weighted by molar-refractivity contribution is 6.08. The molecule has 182 valence electrons. The molecular formula is C25H40N6O2. The van der Waals surface area contributed by atoms with Crippen molar-refractivity contribution in [2.45, 2.75) is 77.4 Å². The van der Waals surface area contributed by atoms with E-state index in [0.29, 0.717) is 19.6 Å². The second-order valence-corrected chi connectivity index (χ2v) is 9.26. The maximum absolute atomic E-state index is 13.6. The van der Waals surface area contributed by atoms with Gasteiger partial charge in [-0.15, -0.1) is 0 Å². The molecule has 2 saturated heterocycles. The van der Waals surface area contributed by atoms with E-state index in [9.17, 15) is 9.59 Å². The molecule has 1 aromatic carbocycles. The van der Waals surface area contributed by atoms with Gasteiger partial charge in [-0.05, 0) is 43.4 Å². The third-order valence-corrected chi connectivity index (χ3v) is 6.79. The van der Waals surface area contributed by atoms with Crippen molar-refractivity contribution >= 4 is 17.9 Å². The van der Waals surface area contributed by atoms with Gasteiger partial charge in [0.1, 0.15) is 5.54 Å². The summed E-state index contributed by atoms with van der Waals surface area (Å²) in [7, 11) is 0. The van der Waals surface area contributed by atoms with Crippen molar-refractivity contribution < 1.29 is 9.59 Å². The number of carbonyl (C=O) groups excluding carboxylic acids is 2. The lowest BCUT2D eigenvalue weighted by Gasteiger charge is -2.38. The van der Waals surface area contributed by atoms with Gasteiger partial charge in [-0.1, -0.05) is 57.4 Å². The molecule has 33 heavy (non-hydrogen) atoms. The van der Waals surface area contributed by atoms with Crippen LogP contribution in [0.3, 0.4) is 0 Å². The zero-order valence-corrected chi connectivity index (χ0v) is 20.1. The monoisotopic (exact) mass is 456 g/mol. The molecule has 0 radical (unpaired) electrons. The number of nitrogens with zero attached hydrogens (tertiary/aromatic N) is 1. The van der Waals surface area contributed by atoms with E-state index in [2.05, 4.69) is 35.1 Å². The summed E-state index contributed by atoms with van der Waals surface area (Å²) in [4.78, 5) is 27.1. The van der Waals surface area contributed by atoms with E-state index in [1.807, 2.05) is 24.3 Å². The summed E-state index contributed by atoms with van der Waals surface area (Å²) in [5, 5.41) is 21.0. The minimum atomic E-state index is -0.671. The van der Waals surface area contributed by atoms with E-state index < -0.39 is 5.54 Å². The smallest absolute Gasteiger partial charge is 0.315 e. The SMILES string of the molecule is CCCCNC(=O)NCc1ccc(CN2C(=N)NC(CCCC)(C3CCCNC3)C2=O)cc1. The van der Waals surface area contributed by atoms with Gasteiger partial charge in [0.15, 0.2) is 5.96 Å². The van der Waals surface area contributed by atoms with Crippen LogP contribution in [0.2, 0.25) is 0 Å². The first kappa shape index (κ1) is 25.0. The quantitative estimate of drug-likeness (QED) is 0.330. The lowest BCUT2D eigenvalue weighted by atomic mass is 9.76. The highest BCUT2D eigenvalue weighted by Gasteiger charge is 2.53. The Kier molecular flexibility index (Phi) is 9.11. The third-order valence-electron chi connectivity index (χ3n) is 6.79. The number of carbonyl (C=O) groups is 2. The summed E-state index contributed by atoms with van der Waals surface area (Å²) in [5.41, 5.74) is 1.30. The van der Waals surface area contributed by atoms with Gasteiger partial charge in [0.25, 0.3) is 5.91 Å². The van der Waals surface area contributed by atoms with Crippen LogP contribution in [0.5, 0.6) is 0 Å². The minimum absolute atomic E-state index is 0.0316. The average Bonchev–Trinajstić information content (AvgIpc) is 3.08. The lowest BCUT2D eigenvalue weighted by molar-refractivity contribution is -0.134. The van der Waals surface area contributed by atoms with Crippen LogP contribution in [0.25, 0.3) is 0 Å². The molecule has 8 nitrogen and oxygen atoms in total. The fourth-order valence-electron chi connectivity index (χ4n) is 4.77. The second kappa shape index (κ2) is 12.0. The topological polar surface area (TPSA) is 109 Å². The molecule has 0 spiro atoms. The molecule has 0 bridgehead atoms. The number of unbranched alkanes of at least 4 members (excludes halogenated alkanes) is 2. The minimum Gasteiger partial charge on any atom is -0.341 e. The standard InChI is InChI=1S/C25H40N6O2/c1-3-5-13-25(21-8-7-14-27-17-21)22(32)31(23(26)30-25)18-20-11-9-19(10-12-20)16-29-24(33)28-15-6-4-2/h9-12,21,27H,3-8,13-18H2,1-2H3,(H2,26,30)(H2,28,29,33). The van der Waals surface area contributed by atoms with Crippen molar-refractivity contribution in [3.8, 4) is 0 Å². The number of hydrogen-bond donors (Lipinski definition) is 5. The van der Waals surface area contributed by atoms with Crippen molar-refractivity contribution in [2.75, 3.05) is 19.6 Å². The van der Waals surface area contributed by atoms with Crippen molar-refractivity contribution in [1.29, 1.82) is 5.41 Å². The first-order valence-electron chi connectivity index (χ1n) is 12.5. The van der Waals surface area contributed by atoms with Gasteiger partial charge in [-0.2, -0.15) is 0 Å². The Balaban J connectivity index is 1.61. The molecular weight excluding hydrogens is 416 g/mol. The molecule has 2 heterocycles. The molecule has 2 atom stereocenters. The molecule has 2 aliphatic heterocycles. The number of rotatable bonds is 11. The van der Waals surface area contributed by atoms with Gasteiger partial charge < -0.3 is 21.3 Å². The molecule has 0 aliphatic carbocycles. The van der Waals surface area contributed by atoms with Crippen molar-refractivity contribution in [2.24, 2.45) is 5.92 Å². The van der Waals surface area contributed by atoms with E-state index in [-0.39, 0.29) is 23.8 Å². The largest absolute Gasteiger partial charge is 0.341 e. The van der Waals surface area contributed by atoms with Gasteiger partial charge >= 0.3 is 6.03 Å². The lowest BCUT2D eigenvalue weighted by Crippen LogP contribution is -2.57. The zero-order chi connectivity index (χ0) is 23.7. The Bertz CT molecular complexity index is 806. The van der Waals surface area contributed by atoms with E-state index in [1.54, 1.807) is 4.90 Å². The predicted octanol–water partition coefficient (Wildman–Crippen LogP) is 3.08. The molecule has 2 fully saturated rings. The van der Waals surface area contributed by atoms with Gasteiger partial charge in [-0.25, -0.2) is 4.79 Å². The maximum Gasteiger partial charge on any atom is 0.315 e. The number of guanidine groups is 1. The highest BCUT2D eigenvalue weighted by atomic mass is 16.2. The fourth-order valence-corrected chi connectivity index (χ4v) is 4.77. The molecule has 3 rings (SSSR count). The van der Waals surface area contributed by atoms with Crippen LogP contribution < -0.4 is 21.3 Å². The molecule has 5 N–H and O–H groups in total. The van der Waals surface area contributed by atoms with Crippen LogP contribution in [0, 0.1) is 11.3 Å². The summed E-state index contributed by atoms with van der Waals surface area (Å²) in [6, 6.07) is 7.72. The number of hydrogen-bond acceptors (Lipinski definition) is 4. The zero-order valence-electron chi connectivity index (χ0n) is 20.1. The summed E-state index contributed by atoms with van der Waals surface area (Å²) in [5.74, 6) is 0.438. The number of benzene rings is 1. The van der Waals surface area contributed by atoms with Gasteiger partial charge in [0, 0.05) is 25.6 Å². The van der Waals surface area contributed by atoms with Gasteiger partial charge in [-0.3, -0.25) is 15.1 Å².